The van der Waals surface area contributed by atoms with Crippen molar-refractivity contribution in [3.8, 4) is 11.5 Å². The molecule has 148 valence electrons. The Morgan fingerprint density at radius 3 is 2.67 bits per heavy atom. The van der Waals surface area contributed by atoms with Crippen molar-refractivity contribution in [3.63, 3.8) is 0 Å². The molecule has 1 heterocycles. The zero-order valence-electron chi connectivity index (χ0n) is 16.1. The average molecular weight is 374 g/mol. The highest BCUT2D eigenvalue weighted by atomic mass is 16.5. The molecule has 1 aromatic heterocycles. The van der Waals surface area contributed by atoms with Crippen LogP contribution < -0.4 is 20.5 Å². The number of ether oxygens (including phenoxy) is 2. The molecule has 0 spiro atoms. The second-order valence-electron chi connectivity index (χ2n) is 6.38. The number of nitrogens with zero attached hydrogens (tertiary/aromatic N) is 2. The molecule has 4 N–H and O–H groups in total. The highest BCUT2D eigenvalue weighted by Gasteiger charge is 2.13. The van der Waals surface area contributed by atoms with Crippen LogP contribution in [0, 0.1) is 0 Å². The van der Waals surface area contributed by atoms with Crippen molar-refractivity contribution < 1.29 is 14.6 Å². The summed E-state index contributed by atoms with van der Waals surface area (Å²) in [7, 11) is 1.66. The molecule has 1 atom stereocenters. The fourth-order valence-electron chi connectivity index (χ4n) is 2.83. The molecule has 27 heavy (non-hydrogen) atoms. The molecule has 0 amide bonds. The van der Waals surface area contributed by atoms with Gasteiger partial charge in [-0.05, 0) is 43.4 Å². The Bertz CT molecular complexity index is 673. The van der Waals surface area contributed by atoms with Gasteiger partial charge in [0.25, 0.3) is 0 Å². The van der Waals surface area contributed by atoms with Gasteiger partial charge >= 0.3 is 0 Å². The van der Waals surface area contributed by atoms with Gasteiger partial charge in [0.05, 0.1) is 19.9 Å². The molecule has 0 aliphatic carbocycles. The number of nitrogens with two attached hydrogens (primary N) is 1. The number of aliphatic hydroxyl groups is 1. The number of methoxy groups -OCH3 is 1. The van der Waals surface area contributed by atoms with Gasteiger partial charge in [-0.2, -0.15) is 4.98 Å². The molecule has 2 rings (SSSR count). The molecular weight excluding hydrogens is 344 g/mol. The van der Waals surface area contributed by atoms with Gasteiger partial charge in [0, 0.05) is 12.6 Å². The first kappa shape index (κ1) is 20.8. The molecule has 0 radical (unpaired) electrons. The first-order valence-electron chi connectivity index (χ1n) is 9.41. The Morgan fingerprint density at radius 1 is 1.22 bits per heavy atom. The zero-order valence-corrected chi connectivity index (χ0v) is 16.1. The topological polar surface area (TPSA) is 103 Å². The van der Waals surface area contributed by atoms with Gasteiger partial charge in [-0.15, -0.1) is 0 Å². The zero-order chi connectivity index (χ0) is 19.5. The summed E-state index contributed by atoms with van der Waals surface area (Å²) < 4.78 is 11.1. The Morgan fingerprint density at radius 2 is 2.00 bits per heavy atom. The van der Waals surface area contributed by atoms with Crippen LogP contribution in [0.15, 0.2) is 30.5 Å². The van der Waals surface area contributed by atoms with Crippen LogP contribution >= 0.6 is 0 Å². The summed E-state index contributed by atoms with van der Waals surface area (Å²) in [6.45, 7) is 2.78. The molecule has 0 aliphatic heterocycles. The van der Waals surface area contributed by atoms with Gasteiger partial charge in [0.1, 0.15) is 5.75 Å². The molecule has 7 nitrogen and oxygen atoms in total. The lowest BCUT2D eigenvalue weighted by Crippen LogP contribution is -2.22. The van der Waals surface area contributed by atoms with Crippen molar-refractivity contribution in [2.75, 3.05) is 31.4 Å². The molecule has 0 unspecified atom stereocenters. The van der Waals surface area contributed by atoms with Crippen molar-refractivity contribution in [2.45, 2.75) is 45.1 Å². The van der Waals surface area contributed by atoms with Crippen molar-refractivity contribution in [1.29, 1.82) is 0 Å². The SMILES string of the molecule is CCC[C@@H](CCO)Nc1nc(N)ncc1OCCCc1ccc(OC)cc1. The first-order chi connectivity index (χ1) is 13.2. The van der Waals surface area contributed by atoms with Crippen LogP contribution in [0.3, 0.4) is 0 Å². The monoisotopic (exact) mass is 374 g/mol. The third-order valence-electron chi connectivity index (χ3n) is 4.26. The number of aromatic nitrogens is 2. The summed E-state index contributed by atoms with van der Waals surface area (Å²) in [4.78, 5) is 8.30. The van der Waals surface area contributed by atoms with Crippen LogP contribution in [0.25, 0.3) is 0 Å². The van der Waals surface area contributed by atoms with E-state index in [2.05, 4.69) is 34.3 Å². The quantitative estimate of drug-likeness (QED) is 0.491. The van der Waals surface area contributed by atoms with Crippen LogP contribution in [0.1, 0.15) is 38.2 Å². The third-order valence-corrected chi connectivity index (χ3v) is 4.26. The van der Waals surface area contributed by atoms with Crippen molar-refractivity contribution in [3.05, 3.63) is 36.0 Å². The molecule has 0 saturated carbocycles. The van der Waals surface area contributed by atoms with Gasteiger partial charge in [0.15, 0.2) is 11.6 Å². The molecule has 0 saturated heterocycles. The summed E-state index contributed by atoms with van der Waals surface area (Å²) in [6.07, 6.45) is 5.96. The normalized spacial score (nSPS) is 11.8. The van der Waals surface area contributed by atoms with E-state index in [-0.39, 0.29) is 18.6 Å². The predicted molar refractivity (Wildman–Crippen MR) is 107 cm³/mol. The first-order valence-corrected chi connectivity index (χ1v) is 9.41. The summed E-state index contributed by atoms with van der Waals surface area (Å²) >= 11 is 0. The van der Waals surface area contributed by atoms with Gasteiger partial charge < -0.3 is 25.6 Å². The summed E-state index contributed by atoms with van der Waals surface area (Å²) in [6, 6.07) is 8.16. The van der Waals surface area contributed by atoms with E-state index in [4.69, 9.17) is 15.2 Å². The maximum absolute atomic E-state index is 9.24. The highest BCUT2D eigenvalue weighted by Crippen LogP contribution is 2.24. The largest absolute Gasteiger partial charge is 0.497 e. The van der Waals surface area contributed by atoms with Crippen LogP contribution in [-0.2, 0) is 6.42 Å². The van der Waals surface area contributed by atoms with E-state index in [0.29, 0.717) is 24.6 Å². The third kappa shape index (κ3) is 6.94. The number of aryl methyl sites for hydroxylation is 1. The van der Waals surface area contributed by atoms with E-state index in [1.165, 1.54) is 5.56 Å². The maximum atomic E-state index is 9.24. The highest BCUT2D eigenvalue weighted by molar-refractivity contribution is 5.51. The van der Waals surface area contributed by atoms with E-state index in [1.54, 1.807) is 13.3 Å². The molecule has 0 aliphatic rings. The standard InChI is InChI=1S/C20H30N4O3/c1-3-5-16(11-12-25)23-19-18(14-22-20(21)24-19)27-13-4-6-15-7-9-17(26-2)10-8-15/h7-10,14,16,25H,3-6,11-13H2,1-2H3,(H3,21,22,23,24)/t16-/m0/s1. The van der Waals surface area contributed by atoms with Crippen molar-refractivity contribution >= 4 is 11.8 Å². The van der Waals surface area contributed by atoms with E-state index in [9.17, 15) is 5.11 Å². The molecule has 0 bridgehead atoms. The lowest BCUT2D eigenvalue weighted by Gasteiger charge is -2.19. The smallest absolute Gasteiger partial charge is 0.222 e. The molecule has 1 aromatic carbocycles. The summed E-state index contributed by atoms with van der Waals surface area (Å²) in [5, 5.41) is 12.6. The second-order valence-corrected chi connectivity index (χ2v) is 6.38. The lowest BCUT2D eigenvalue weighted by molar-refractivity contribution is 0.276. The molecule has 0 fully saturated rings. The number of rotatable bonds is 12. The Labute approximate surface area is 160 Å². The Balaban J connectivity index is 1.90. The van der Waals surface area contributed by atoms with Crippen molar-refractivity contribution in [1.82, 2.24) is 9.97 Å². The van der Waals surface area contributed by atoms with E-state index in [1.807, 2.05) is 12.1 Å². The maximum Gasteiger partial charge on any atom is 0.222 e. The minimum Gasteiger partial charge on any atom is -0.497 e. The molecule has 7 heteroatoms. The fraction of sp³-hybridized carbons (Fsp3) is 0.500. The summed E-state index contributed by atoms with van der Waals surface area (Å²) in [5.41, 5.74) is 6.96. The van der Waals surface area contributed by atoms with Gasteiger partial charge in [-0.3, -0.25) is 0 Å². The van der Waals surface area contributed by atoms with Crippen LogP contribution in [0.2, 0.25) is 0 Å². The molecule has 2 aromatic rings. The number of nitrogen functional groups attached to an aromatic ring is 1. The second kappa shape index (κ2) is 11.2. The lowest BCUT2D eigenvalue weighted by atomic mass is 10.1. The Hall–Kier alpha value is -2.54. The van der Waals surface area contributed by atoms with E-state index < -0.39 is 0 Å². The number of nitrogens with one attached hydrogen (secondary N) is 1. The van der Waals surface area contributed by atoms with Crippen LogP contribution in [0.4, 0.5) is 11.8 Å². The van der Waals surface area contributed by atoms with Gasteiger partial charge in [-0.1, -0.05) is 25.5 Å². The van der Waals surface area contributed by atoms with E-state index >= 15 is 0 Å². The fourth-order valence-corrected chi connectivity index (χ4v) is 2.83. The van der Waals surface area contributed by atoms with Gasteiger partial charge in [0.2, 0.25) is 5.95 Å². The van der Waals surface area contributed by atoms with Crippen LogP contribution in [-0.4, -0.2) is 41.4 Å². The van der Waals surface area contributed by atoms with Crippen LogP contribution in [0.5, 0.6) is 11.5 Å². The minimum absolute atomic E-state index is 0.121. The Kier molecular flexibility index (Phi) is 8.64. The summed E-state index contributed by atoms with van der Waals surface area (Å²) in [5.74, 6) is 2.22. The van der Waals surface area contributed by atoms with E-state index in [0.717, 1.165) is 31.4 Å². The van der Waals surface area contributed by atoms with Crippen molar-refractivity contribution in [2.24, 2.45) is 0 Å². The number of hydrogen-bond donors (Lipinski definition) is 3. The number of hydrogen-bond acceptors (Lipinski definition) is 7. The van der Waals surface area contributed by atoms with Gasteiger partial charge in [-0.25, -0.2) is 4.98 Å². The predicted octanol–water partition coefficient (Wildman–Crippen LogP) is 3.04. The number of aliphatic hydroxyl groups excluding tert-OH is 1. The number of anilines is 2. The molecular formula is C20H30N4O3. The average Bonchev–Trinajstić information content (AvgIpc) is 2.67. The minimum atomic E-state index is 0.121. The number of benzene rings is 1.